The van der Waals surface area contributed by atoms with Crippen LogP contribution in [0.3, 0.4) is 0 Å². The smallest absolute Gasteiger partial charge is 0.206 e. The van der Waals surface area contributed by atoms with Crippen LogP contribution in [0.2, 0.25) is 0 Å². The zero-order valence-electron chi connectivity index (χ0n) is 3.17. The van der Waals surface area contributed by atoms with Gasteiger partial charge in [0, 0.05) is 6.08 Å². The third-order valence-corrected chi connectivity index (χ3v) is 0.516. The minimum atomic E-state index is -2.71. The number of allylic oxidation sites excluding steroid dienone is 1. The van der Waals surface area contributed by atoms with Gasteiger partial charge < -0.3 is 0 Å². The third-order valence-electron chi connectivity index (χ3n) is 0.252. The van der Waals surface area contributed by atoms with E-state index in [1.54, 1.807) is 0 Å². The molecule has 0 nitrogen and oxygen atoms in total. The molecule has 0 amide bonds. The molecule has 0 aliphatic rings. The maximum Gasteiger partial charge on any atom is 0.260 e. The van der Waals surface area contributed by atoms with Crippen LogP contribution in [-0.2, 0) is 0 Å². The van der Waals surface area contributed by atoms with Gasteiger partial charge in [-0.15, -0.1) is 0 Å². The zero-order chi connectivity index (χ0) is 5.86. The Morgan fingerprint density at radius 1 is 1.57 bits per heavy atom. The molecule has 42 valence electrons. The van der Waals surface area contributed by atoms with E-state index >= 15 is 0 Å². The summed E-state index contributed by atoms with van der Waals surface area (Å²) in [6, 6.07) is 0. The Labute approximate surface area is 47.1 Å². The van der Waals surface area contributed by atoms with Crippen molar-refractivity contribution in [2.75, 3.05) is 0 Å². The van der Waals surface area contributed by atoms with Crippen molar-refractivity contribution in [3.05, 3.63) is 10.8 Å². The molecule has 7 heavy (non-hydrogen) atoms. The van der Waals surface area contributed by atoms with Crippen molar-refractivity contribution in [2.24, 2.45) is 0 Å². The Morgan fingerprint density at radius 2 is 2.00 bits per heavy atom. The van der Waals surface area contributed by atoms with Crippen molar-refractivity contribution in [3.63, 3.8) is 0 Å². The van der Waals surface area contributed by atoms with Crippen LogP contribution in [0, 0.1) is 0 Å². The van der Waals surface area contributed by atoms with Crippen LogP contribution < -0.4 is 0 Å². The first-order chi connectivity index (χ1) is 3.13. The third kappa shape index (κ3) is 6.01. The summed E-state index contributed by atoms with van der Waals surface area (Å²) in [5.74, 6) is 0. The van der Waals surface area contributed by atoms with Crippen LogP contribution >= 0.6 is 15.9 Å². The first-order valence-electron chi connectivity index (χ1n) is 1.44. The summed E-state index contributed by atoms with van der Waals surface area (Å²) in [6.45, 7) is 0. The number of rotatable bonds is 1. The predicted molar refractivity (Wildman–Crippen MR) is 24.1 cm³/mol. The molecular weight excluding hydrogens is 173 g/mol. The van der Waals surface area contributed by atoms with Crippen molar-refractivity contribution in [2.45, 2.75) is 6.43 Å². The van der Waals surface area contributed by atoms with Crippen molar-refractivity contribution < 1.29 is 13.2 Å². The molecule has 0 aromatic heterocycles. The second kappa shape index (κ2) is 3.07. The Kier molecular flexibility index (Phi) is 3.07. The molecule has 0 radical (unpaired) electrons. The van der Waals surface area contributed by atoms with Crippen LogP contribution in [0.15, 0.2) is 10.8 Å². The van der Waals surface area contributed by atoms with E-state index in [-0.39, 0.29) is 6.08 Å². The molecule has 0 aliphatic carbocycles. The molecule has 0 N–H and O–H groups in total. The van der Waals surface area contributed by atoms with Gasteiger partial charge >= 0.3 is 0 Å². The maximum atomic E-state index is 11.2. The summed E-state index contributed by atoms with van der Waals surface area (Å²) in [7, 11) is 0. The number of halogens is 4. The van der Waals surface area contributed by atoms with E-state index in [0.717, 1.165) is 0 Å². The molecule has 0 heterocycles. The summed E-state index contributed by atoms with van der Waals surface area (Å²) in [6.07, 6.45) is -2.54. The van der Waals surface area contributed by atoms with Crippen LogP contribution in [0.5, 0.6) is 0 Å². The van der Waals surface area contributed by atoms with E-state index < -0.39 is 11.2 Å². The molecule has 0 aromatic rings. The molecule has 0 saturated carbocycles. The molecule has 0 spiro atoms. The van der Waals surface area contributed by atoms with E-state index in [9.17, 15) is 13.2 Å². The van der Waals surface area contributed by atoms with Gasteiger partial charge in [-0.25, -0.2) is 8.78 Å². The minimum Gasteiger partial charge on any atom is -0.206 e. The van der Waals surface area contributed by atoms with Gasteiger partial charge in [-0.05, 0) is 15.9 Å². The number of alkyl halides is 2. The molecule has 0 unspecified atom stereocenters. The standard InChI is InChI=1S/C3H2BrF3/c4-2(5)1-3(6)7/h1,3H/b2-1+. The fraction of sp³-hybridized carbons (Fsp3) is 0.333. The van der Waals surface area contributed by atoms with E-state index in [0.29, 0.717) is 0 Å². The monoisotopic (exact) mass is 174 g/mol. The van der Waals surface area contributed by atoms with Crippen LogP contribution in [-0.4, -0.2) is 6.43 Å². The van der Waals surface area contributed by atoms with Crippen molar-refractivity contribution in [3.8, 4) is 0 Å². The summed E-state index contributed by atoms with van der Waals surface area (Å²) in [5.41, 5.74) is 0. The minimum absolute atomic E-state index is 0.167. The van der Waals surface area contributed by atoms with E-state index in [2.05, 4.69) is 15.9 Å². The average Bonchev–Trinajstić information content (AvgIpc) is 1.27. The Morgan fingerprint density at radius 3 is 2.00 bits per heavy atom. The van der Waals surface area contributed by atoms with Gasteiger partial charge in [0.15, 0.2) is 4.74 Å². The van der Waals surface area contributed by atoms with Crippen LogP contribution in [0.4, 0.5) is 13.2 Å². The second-order valence-corrected chi connectivity index (χ2v) is 1.55. The fourth-order valence-corrected chi connectivity index (χ4v) is 0.295. The highest BCUT2D eigenvalue weighted by Crippen LogP contribution is 2.08. The lowest BCUT2D eigenvalue weighted by atomic mass is 10.7. The molecular formula is C3H2BrF3. The molecule has 0 rings (SSSR count). The van der Waals surface area contributed by atoms with Crippen LogP contribution in [0.25, 0.3) is 0 Å². The number of hydrogen-bond donors (Lipinski definition) is 0. The van der Waals surface area contributed by atoms with Crippen LogP contribution in [0.1, 0.15) is 0 Å². The molecule has 4 heteroatoms. The molecule has 0 saturated heterocycles. The van der Waals surface area contributed by atoms with Gasteiger partial charge in [-0.1, -0.05) is 0 Å². The summed E-state index contributed by atoms with van der Waals surface area (Å²) in [4.78, 5) is 0. The van der Waals surface area contributed by atoms with Gasteiger partial charge in [0.25, 0.3) is 6.43 Å². The lowest BCUT2D eigenvalue weighted by molar-refractivity contribution is 0.202. The Hall–Kier alpha value is 0.01000. The van der Waals surface area contributed by atoms with E-state index in [4.69, 9.17) is 0 Å². The fourth-order valence-electron chi connectivity index (χ4n) is 0.0952. The molecule has 0 aromatic carbocycles. The largest absolute Gasteiger partial charge is 0.260 e. The summed E-state index contributed by atoms with van der Waals surface area (Å²) in [5, 5.41) is 0. The van der Waals surface area contributed by atoms with Crippen molar-refractivity contribution >= 4 is 15.9 Å². The second-order valence-electron chi connectivity index (χ2n) is 0.791. The maximum absolute atomic E-state index is 11.2. The number of hydrogen-bond acceptors (Lipinski definition) is 0. The lowest BCUT2D eigenvalue weighted by Gasteiger charge is -1.81. The Balaban J connectivity index is 3.45. The summed E-state index contributed by atoms with van der Waals surface area (Å²) >= 11 is 2.19. The highest BCUT2D eigenvalue weighted by atomic mass is 79.9. The SMILES string of the molecule is F/C(Br)=C/C(F)F. The molecule has 0 fully saturated rings. The first-order valence-corrected chi connectivity index (χ1v) is 2.23. The highest BCUT2D eigenvalue weighted by Gasteiger charge is 1.95. The van der Waals surface area contributed by atoms with E-state index in [1.807, 2.05) is 0 Å². The summed E-state index contributed by atoms with van der Waals surface area (Å²) < 4.78 is 32.1. The Bertz CT molecular complexity index is 74.2. The normalized spacial score (nSPS) is 13.0. The van der Waals surface area contributed by atoms with Gasteiger partial charge in [0.2, 0.25) is 0 Å². The molecule has 0 aliphatic heterocycles. The molecule has 0 bridgehead atoms. The predicted octanol–water partition coefficient (Wildman–Crippen LogP) is 2.46. The quantitative estimate of drug-likeness (QED) is 0.574. The first kappa shape index (κ1) is 7.01. The van der Waals surface area contributed by atoms with Crippen molar-refractivity contribution in [1.82, 2.24) is 0 Å². The lowest BCUT2D eigenvalue weighted by Crippen LogP contribution is -1.78. The van der Waals surface area contributed by atoms with Gasteiger partial charge in [-0.2, -0.15) is 4.39 Å². The van der Waals surface area contributed by atoms with Crippen molar-refractivity contribution in [1.29, 1.82) is 0 Å². The van der Waals surface area contributed by atoms with E-state index in [1.165, 1.54) is 0 Å². The van der Waals surface area contributed by atoms with Gasteiger partial charge in [0.05, 0.1) is 0 Å². The molecule has 0 atom stereocenters. The van der Waals surface area contributed by atoms with Gasteiger partial charge in [0.1, 0.15) is 0 Å². The topological polar surface area (TPSA) is 0 Å². The average molecular weight is 175 g/mol. The zero-order valence-corrected chi connectivity index (χ0v) is 4.75. The highest BCUT2D eigenvalue weighted by molar-refractivity contribution is 9.11. The van der Waals surface area contributed by atoms with Gasteiger partial charge in [-0.3, -0.25) is 0 Å².